The molecule has 1 atom stereocenters. The van der Waals surface area contributed by atoms with Crippen LogP contribution in [0.2, 0.25) is 0 Å². The fourth-order valence-corrected chi connectivity index (χ4v) is 1.02. The van der Waals surface area contributed by atoms with Crippen LogP contribution in [-0.4, -0.2) is 7.11 Å². The van der Waals surface area contributed by atoms with Gasteiger partial charge in [0.15, 0.2) is 6.23 Å². The van der Waals surface area contributed by atoms with E-state index in [-0.39, 0.29) is 0 Å². The van der Waals surface area contributed by atoms with Gasteiger partial charge in [-0.05, 0) is 23.2 Å². The summed E-state index contributed by atoms with van der Waals surface area (Å²) in [7, 11) is 1.46. The molecule has 1 aromatic carbocycles. The molecule has 0 radical (unpaired) electrons. The van der Waals surface area contributed by atoms with Gasteiger partial charge in [0.2, 0.25) is 0 Å². The van der Waals surface area contributed by atoms with Gasteiger partial charge in [0.05, 0.1) is 11.6 Å². The molecule has 1 rings (SSSR count). The highest BCUT2D eigenvalue weighted by atomic mass is 16.5. The normalized spacial score (nSPS) is 11.1. The average molecular weight is 188 g/mol. The molecule has 14 heavy (non-hydrogen) atoms. The average Bonchev–Trinajstić information content (AvgIpc) is 2.26. The van der Waals surface area contributed by atoms with Crippen LogP contribution in [0, 0.1) is 11.3 Å². The summed E-state index contributed by atoms with van der Waals surface area (Å²) in [5, 5.41) is 12.0. The van der Waals surface area contributed by atoms with Gasteiger partial charge in [0.25, 0.3) is 0 Å². The number of rotatable bonds is 3. The van der Waals surface area contributed by atoms with Gasteiger partial charge in [-0.1, -0.05) is 17.2 Å². The molecule has 0 saturated carbocycles. The van der Waals surface area contributed by atoms with Gasteiger partial charge in [-0.3, -0.25) is 0 Å². The zero-order chi connectivity index (χ0) is 10.4. The van der Waals surface area contributed by atoms with E-state index in [2.05, 4.69) is 10.0 Å². The Balaban J connectivity index is 2.95. The first kappa shape index (κ1) is 10.1. The van der Waals surface area contributed by atoms with Crippen molar-refractivity contribution in [2.45, 2.75) is 6.23 Å². The van der Waals surface area contributed by atoms with E-state index in [1.54, 1.807) is 24.3 Å². The molecule has 0 spiro atoms. The fourth-order valence-electron chi connectivity index (χ4n) is 1.02. The Morgan fingerprint density at radius 2 is 2.14 bits per heavy atom. The third kappa shape index (κ3) is 2.23. The summed E-state index contributed by atoms with van der Waals surface area (Å²) in [4.78, 5) is 2.66. The fraction of sp³-hybridized carbons (Fsp3) is 0.222. The van der Waals surface area contributed by atoms with Crippen molar-refractivity contribution in [3.05, 3.63) is 45.8 Å². The summed E-state index contributed by atoms with van der Waals surface area (Å²) in [6.07, 6.45) is -0.632. The summed E-state index contributed by atoms with van der Waals surface area (Å²) < 4.78 is 4.95. The van der Waals surface area contributed by atoms with Crippen molar-refractivity contribution in [1.29, 1.82) is 5.26 Å². The van der Waals surface area contributed by atoms with E-state index in [1.807, 2.05) is 6.07 Å². The van der Waals surface area contributed by atoms with Crippen molar-refractivity contribution in [2.24, 2.45) is 5.11 Å². The number of hydrogen-bond acceptors (Lipinski definition) is 3. The maximum Gasteiger partial charge on any atom is 0.161 e. The first-order valence-electron chi connectivity index (χ1n) is 3.89. The van der Waals surface area contributed by atoms with Gasteiger partial charge >= 0.3 is 0 Å². The highest BCUT2D eigenvalue weighted by Crippen LogP contribution is 2.18. The molecule has 1 unspecified atom stereocenters. The van der Waals surface area contributed by atoms with Gasteiger partial charge in [-0.15, -0.1) is 0 Å². The zero-order valence-electron chi connectivity index (χ0n) is 7.58. The standard InChI is InChI=1S/C9H8N4O/c1-14-9(12-13-11)8-4-2-7(6-10)3-5-8/h2-5,9H,1H3. The minimum atomic E-state index is -0.632. The monoisotopic (exact) mass is 188 g/mol. The second-order valence-corrected chi connectivity index (χ2v) is 2.53. The lowest BCUT2D eigenvalue weighted by Crippen LogP contribution is -1.96. The molecule has 1 aromatic rings. The van der Waals surface area contributed by atoms with Crippen LogP contribution in [0.4, 0.5) is 0 Å². The summed E-state index contributed by atoms with van der Waals surface area (Å²) >= 11 is 0. The van der Waals surface area contributed by atoms with Crippen LogP contribution in [0.15, 0.2) is 29.4 Å². The van der Waals surface area contributed by atoms with Crippen LogP contribution < -0.4 is 0 Å². The molecule has 0 aromatic heterocycles. The highest BCUT2D eigenvalue weighted by molar-refractivity contribution is 5.32. The molecular formula is C9H8N4O. The van der Waals surface area contributed by atoms with E-state index >= 15 is 0 Å². The van der Waals surface area contributed by atoms with E-state index < -0.39 is 6.23 Å². The SMILES string of the molecule is COC(N=[N+]=[N-])c1ccc(C#N)cc1. The first-order chi connectivity index (χ1) is 6.81. The molecule has 5 heteroatoms. The number of nitrogens with zero attached hydrogens (tertiary/aromatic N) is 4. The van der Waals surface area contributed by atoms with Gasteiger partial charge in [-0.2, -0.15) is 5.26 Å². The second kappa shape index (κ2) is 4.87. The maximum absolute atomic E-state index is 8.56. The second-order valence-electron chi connectivity index (χ2n) is 2.53. The molecule has 0 aliphatic carbocycles. The van der Waals surface area contributed by atoms with Crippen molar-refractivity contribution < 1.29 is 4.74 Å². The molecule has 0 aliphatic heterocycles. The lowest BCUT2D eigenvalue weighted by Gasteiger charge is -2.08. The van der Waals surface area contributed by atoms with Crippen LogP contribution in [0.3, 0.4) is 0 Å². The number of methoxy groups -OCH3 is 1. The quantitative estimate of drug-likeness (QED) is 0.414. The highest BCUT2D eigenvalue weighted by Gasteiger charge is 2.06. The molecular weight excluding hydrogens is 180 g/mol. The Labute approximate surface area is 81.2 Å². The number of ether oxygens (including phenoxy) is 1. The minimum absolute atomic E-state index is 0.560. The van der Waals surface area contributed by atoms with Crippen LogP contribution in [0.5, 0.6) is 0 Å². The van der Waals surface area contributed by atoms with Crippen LogP contribution in [0.1, 0.15) is 17.4 Å². The number of nitriles is 1. The Bertz CT molecular complexity index is 386. The molecule has 0 saturated heterocycles. The lowest BCUT2D eigenvalue weighted by atomic mass is 10.1. The topological polar surface area (TPSA) is 81.8 Å². The predicted molar refractivity (Wildman–Crippen MR) is 50.1 cm³/mol. The Morgan fingerprint density at radius 3 is 2.57 bits per heavy atom. The molecule has 0 N–H and O–H groups in total. The Morgan fingerprint density at radius 1 is 1.50 bits per heavy atom. The minimum Gasteiger partial charge on any atom is -0.371 e. The van der Waals surface area contributed by atoms with Crippen molar-refractivity contribution in [3.8, 4) is 6.07 Å². The molecule has 5 nitrogen and oxygen atoms in total. The molecule has 0 bridgehead atoms. The zero-order valence-corrected chi connectivity index (χ0v) is 7.58. The van der Waals surface area contributed by atoms with Gasteiger partial charge < -0.3 is 4.74 Å². The molecule has 0 aliphatic rings. The van der Waals surface area contributed by atoms with Crippen LogP contribution >= 0.6 is 0 Å². The molecule has 70 valence electrons. The summed E-state index contributed by atoms with van der Waals surface area (Å²) in [5.41, 5.74) is 9.54. The number of benzene rings is 1. The number of hydrogen-bond donors (Lipinski definition) is 0. The van der Waals surface area contributed by atoms with Crippen molar-refractivity contribution in [1.82, 2.24) is 0 Å². The Kier molecular flexibility index (Phi) is 3.50. The summed E-state index contributed by atoms with van der Waals surface area (Å²) in [5.74, 6) is 0. The predicted octanol–water partition coefficient (Wildman–Crippen LogP) is 2.51. The van der Waals surface area contributed by atoms with E-state index in [1.165, 1.54) is 7.11 Å². The molecule has 0 fully saturated rings. The third-order valence-electron chi connectivity index (χ3n) is 1.70. The van der Waals surface area contributed by atoms with Gasteiger partial charge in [0, 0.05) is 12.0 Å². The van der Waals surface area contributed by atoms with Crippen molar-refractivity contribution in [2.75, 3.05) is 7.11 Å². The van der Waals surface area contributed by atoms with Crippen molar-refractivity contribution >= 4 is 0 Å². The number of azide groups is 1. The molecule has 0 amide bonds. The lowest BCUT2D eigenvalue weighted by molar-refractivity contribution is 0.109. The van der Waals surface area contributed by atoms with E-state index in [0.717, 1.165) is 5.56 Å². The van der Waals surface area contributed by atoms with E-state index in [4.69, 9.17) is 15.5 Å². The van der Waals surface area contributed by atoms with Crippen molar-refractivity contribution in [3.63, 3.8) is 0 Å². The van der Waals surface area contributed by atoms with Crippen LogP contribution in [-0.2, 0) is 4.74 Å². The van der Waals surface area contributed by atoms with Gasteiger partial charge in [0.1, 0.15) is 0 Å². The van der Waals surface area contributed by atoms with Crippen LogP contribution in [0.25, 0.3) is 10.4 Å². The third-order valence-corrected chi connectivity index (χ3v) is 1.70. The smallest absolute Gasteiger partial charge is 0.161 e. The largest absolute Gasteiger partial charge is 0.371 e. The summed E-state index contributed by atoms with van der Waals surface area (Å²) in [6, 6.07) is 8.68. The molecule has 0 heterocycles. The first-order valence-corrected chi connectivity index (χ1v) is 3.89. The Hall–Kier alpha value is -2.02. The van der Waals surface area contributed by atoms with E-state index in [9.17, 15) is 0 Å². The van der Waals surface area contributed by atoms with Gasteiger partial charge in [-0.25, -0.2) is 0 Å². The summed E-state index contributed by atoms with van der Waals surface area (Å²) in [6.45, 7) is 0. The van der Waals surface area contributed by atoms with E-state index in [0.29, 0.717) is 5.56 Å². The maximum atomic E-state index is 8.56.